The van der Waals surface area contributed by atoms with Crippen LogP contribution in [0.15, 0.2) is 30.5 Å². The molecule has 2 N–H and O–H groups in total. The summed E-state index contributed by atoms with van der Waals surface area (Å²) in [6.45, 7) is 2.49. The molecule has 1 atom stereocenters. The molecule has 0 fully saturated rings. The molecule has 2 aromatic rings. The van der Waals surface area contributed by atoms with E-state index in [0.29, 0.717) is 6.54 Å². The van der Waals surface area contributed by atoms with Crippen molar-refractivity contribution in [3.05, 3.63) is 52.8 Å². The van der Waals surface area contributed by atoms with Gasteiger partial charge >= 0.3 is 0 Å². The summed E-state index contributed by atoms with van der Waals surface area (Å²) in [6, 6.07) is 8.12. The third-order valence-electron chi connectivity index (χ3n) is 3.56. The Balaban J connectivity index is 1.63. The van der Waals surface area contributed by atoms with Gasteiger partial charge in [0.15, 0.2) is 0 Å². The number of benzene rings is 1. The van der Waals surface area contributed by atoms with Crippen molar-refractivity contribution in [2.45, 2.75) is 25.8 Å². The van der Waals surface area contributed by atoms with Crippen molar-refractivity contribution in [3.63, 3.8) is 0 Å². The molecule has 0 radical (unpaired) electrons. The summed E-state index contributed by atoms with van der Waals surface area (Å²) in [4.78, 5) is 12.1. The van der Waals surface area contributed by atoms with E-state index in [2.05, 4.69) is 21.6 Å². The first-order chi connectivity index (χ1) is 8.75. The highest BCUT2D eigenvalue weighted by atomic mass is 16.1. The fourth-order valence-corrected chi connectivity index (χ4v) is 2.35. The Kier molecular flexibility index (Phi) is 2.63. The van der Waals surface area contributed by atoms with Crippen molar-refractivity contribution in [2.24, 2.45) is 0 Å². The zero-order chi connectivity index (χ0) is 12.5. The van der Waals surface area contributed by atoms with E-state index in [1.54, 1.807) is 6.20 Å². The second-order valence-corrected chi connectivity index (χ2v) is 4.69. The molecule has 4 heteroatoms. The van der Waals surface area contributed by atoms with Crippen LogP contribution in [0, 0.1) is 6.92 Å². The number of nitrogens with one attached hydrogen (secondary N) is 2. The molecule has 92 valence electrons. The van der Waals surface area contributed by atoms with E-state index in [1.807, 2.05) is 25.1 Å². The molecule has 1 amide bonds. The number of rotatable bonds is 3. The van der Waals surface area contributed by atoms with Crippen LogP contribution in [0.4, 0.5) is 0 Å². The molecule has 1 aliphatic carbocycles. The standard InChI is InChI=1S/C14H15N3O/c1-9-11(8-16-17-9)7-15-14(18)13-6-10-4-2-3-5-12(10)13/h2-5,8,13H,6-7H2,1H3,(H,15,18)(H,16,17). The Bertz CT molecular complexity index is 588. The average Bonchev–Trinajstić information content (AvgIpc) is 2.74. The lowest BCUT2D eigenvalue weighted by atomic mass is 9.77. The third kappa shape index (κ3) is 1.79. The minimum Gasteiger partial charge on any atom is -0.351 e. The number of carbonyl (C=O) groups is 1. The SMILES string of the molecule is Cc1[nH]ncc1CNC(=O)C1Cc2ccccc21. The molecule has 18 heavy (non-hydrogen) atoms. The van der Waals surface area contributed by atoms with Gasteiger partial charge < -0.3 is 5.32 Å². The molecule has 1 unspecified atom stereocenters. The quantitative estimate of drug-likeness (QED) is 0.858. The fraction of sp³-hybridized carbons (Fsp3) is 0.286. The molecule has 0 saturated carbocycles. The Hall–Kier alpha value is -2.10. The van der Waals surface area contributed by atoms with Crippen LogP contribution in [0.3, 0.4) is 0 Å². The van der Waals surface area contributed by atoms with Gasteiger partial charge in [-0.3, -0.25) is 9.89 Å². The van der Waals surface area contributed by atoms with E-state index in [-0.39, 0.29) is 11.8 Å². The number of aryl methyl sites for hydroxylation is 1. The van der Waals surface area contributed by atoms with E-state index in [4.69, 9.17) is 0 Å². The van der Waals surface area contributed by atoms with E-state index >= 15 is 0 Å². The first-order valence-electron chi connectivity index (χ1n) is 6.10. The maximum Gasteiger partial charge on any atom is 0.228 e. The Morgan fingerprint density at radius 2 is 2.33 bits per heavy atom. The number of H-pyrrole nitrogens is 1. The van der Waals surface area contributed by atoms with Crippen molar-refractivity contribution in [1.82, 2.24) is 15.5 Å². The molecular weight excluding hydrogens is 226 g/mol. The predicted octanol–water partition coefficient (Wildman–Crippen LogP) is 1.67. The molecule has 1 aromatic heterocycles. The molecule has 0 aliphatic heterocycles. The summed E-state index contributed by atoms with van der Waals surface area (Å²) >= 11 is 0. The molecule has 0 spiro atoms. The third-order valence-corrected chi connectivity index (χ3v) is 3.56. The van der Waals surface area contributed by atoms with E-state index in [0.717, 1.165) is 17.7 Å². The van der Waals surface area contributed by atoms with Gasteiger partial charge in [-0.2, -0.15) is 5.10 Å². The maximum atomic E-state index is 12.1. The average molecular weight is 241 g/mol. The van der Waals surface area contributed by atoms with Gasteiger partial charge in [-0.1, -0.05) is 24.3 Å². The smallest absolute Gasteiger partial charge is 0.228 e. The molecule has 1 heterocycles. The monoisotopic (exact) mass is 241 g/mol. The number of aromatic nitrogens is 2. The lowest BCUT2D eigenvalue weighted by molar-refractivity contribution is -0.123. The van der Waals surface area contributed by atoms with Crippen LogP contribution in [-0.2, 0) is 17.8 Å². The van der Waals surface area contributed by atoms with Crippen LogP contribution in [-0.4, -0.2) is 16.1 Å². The highest BCUT2D eigenvalue weighted by molar-refractivity contribution is 5.86. The van der Waals surface area contributed by atoms with Gasteiger partial charge in [0.1, 0.15) is 0 Å². The summed E-state index contributed by atoms with van der Waals surface area (Å²) in [5.41, 5.74) is 4.50. The Morgan fingerprint density at radius 1 is 1.50 bits per heavy atom. The fourth-order valence-electron chi connectivity index (χ4n) is 2.35. The van der Waals surface area contributed by atoms with Gasteiger partial charge in [-0.25, -0.2) is 0 Å². The topological polar surface area (TPSA) is 57.8 Å². The van der Waals surface area contributed by atoms with Gasteiger partial charge in [0.25, 0.3) is 0 Å². The van der Waals surface area contributed by atoms with E-state index in [9.17, 15) is 4.79 Å². The largest absolute Gasteiger partial charge is 0.351 e. The summed E-state index contributed by atoms with van der Waals surface area (Å²) < 4.78 is 0. The highest BCUT2D eigenvalue weighted by Gasteiger charge is 2.31. The first kappa shape index (κ1) is 11.0. The molecule has 1 aromatic carbocycles. The number of nitrogens with zero attached hydrogens (tertiary/aromatic N) is 1. The molecule has 4 nitrogen and oxygen atoms in total. The van der Waals surface area contributed by atoms with Crippen molar-refractivity contribution in [3.8, 4) is 0 Å². The highest BCUT2D eigenvalue weighted by Crippen LogP contribution is 2.34. The Labute approximate surface area is 105 Å². The zero-order valence-electron chi connectivity index (χ0n) is 10.2. The minimum atomic E-state index is 0.0217. The van der Waals surface area contributed by atoms with E-state index < -0.39 is 0 Å². The lowest BCUT2D eigenvalue weighted by Crippen LogP contribution is -2.35. The van der Waals surface area contributed by atoms with Gasteiger partial charge in [0.2, 0.25) is 5.91 Å². The number of hydrogen-bond donors (Lipinski definition) is 2. The maximum absolute atomic E-state index is 12.1. The van der Waals surface area contributed by atoms with Crippen molar-refractivity contribution in [1.29, 1.82) is 0 Å². The second-order valence-electron chi connectivity index (χ2n) is 4.69. The van der Waals surface area contributed by atoms with Gasteiger partial charge in [0, 0.05) is 17.8 Å². The summed E-state index contributed by atoms with van der Waals surface area (Å²) in [7, 11) is 0. The number of amides is 1. The molecule has 0 bridgehead atoms. The number of hydrogen-bond acceptors (Lipinski definition) is 2. The lowest BCUT2D eigenvalue weighted by Gasteiger charge is -2.28. The molecule has 1 aliphatic rings. The normalized spacial score (nSPS) is 16.8. The summed E-state index contributed by atoms with van der Waals surface area (Å²) in [5, 5.41) is 9.77. The second kappa shape index (κ2) is 4.29. The predicted molar refractivity (Wildman–Crippen MR) is 68.1 cm³/mol. The number of fused-ring (bicyclic) bond motifs is 1. The Morgan fingerprint density at radius 3 is 3.06 bits per heavy atom. The van der Waals surface area contributed by atoms with E-state index in [1.165, 1.54) is 11.1 Å². The summed E-state index contributed by atoms with van der Waals surface area (Å²) in [6.07, 6.45) is 2.61. The minimum absolute atomic E-state index is 0.0217. The van der Waals surface area contributed by atoms with Crippen LogP contribution in [0.25, 0.3) is 0 Å². The van der Waals surface area contributed by atoms with Crippen molar-refractivity contribution < 1.29 is 4.79 Å². The van der Waals surface area contributed by atoms with Gasteiger partial charge in [-0.15, -0.1) is 0 Å². The van der Waals surface area contributed by atoms with Crippen molar-refractivity contribution >= 4 is 5.91 Å². The van der Waals surface area contributed by atoms with Crippen LogP contribution in [0.1, 0.15) is 28.3 Å². The van der Waals surface area contributed by atoms with Gasteiger partial charge in [-0.05, 0) is 24.5 Å². The molecule has 3 rings (SSSR count). The molecular formula is C14H15N3O. The number of aromatic amines is 1. The van der Waals surface area contributed by atoms with Crippen LogP contribution in [0.2, 0.25) is 0 Å². The first-order valence-corrected chi connectivity index (χ1v) is 6.10. The van der Waals surface area contributed by atoms with Gasteiger partial charge in [0.05, 0.1) is 12.1 Å². The van der Waals surface area contributed by atoms with Crippen LogP contribution < -0.4 is 5.32 Å². The van der Waals surface area contributed by atoms with Crippen molar-refractivity contribution in [2.75, 3.05) is 0 Å². The van der Waals surface area contributed by atoms with Crippen LogP contribution in [0.5, 0.6) is 0 Å². The molecule has 0 saturated heterocycles. The summed E-state index contributed by atoms with van der Waals surface area (Å²) in [5.74, 6) is 0.128. The zero-order valence-corrected chi connectivity index (χ0v) is 10.2. The van der Waals surface area contributed by atoms with Crippen LogP contribution >= 0.6 is 0 Å². The number of carbonyl (C=O) groups excluding carboxylic acids is 1.